The normalized spacial score (nSPS) is 17.1. The molecule has 1 fully saturated rings. The Labute approximate surface area is 192 Å². The molecule has 2 aromatic rings. The Hall–Kier alpha value is -2.43. The van der Waals surface area contributed by atoms with E-state index in [1.54, 1.807) is 19.9 Å². The molecular formula is C22H28N2O6S2. The molecule has 1 saturated heterocycles. The van der Waals surface area contributed by atoms with E-state index in [9.17, 15) is 18.0 Å². The Bertz CT molecular complexity index is 1110. The highest BCUT2D eigenvalue weighted by Crippen LogP contribution is 2.32. The van der Waals surface area contributed by atoms with Crippen LogP contribution in [0.4, 0.5) is 5.00 Å². The zero-order chi connectivity index (χ0) is 23.5. The van der Waals surface area contributed by atoms with E-state index in [0.717, 1.165) is 30.6 Å². The Morgan fingerprint density at radius 1 is 1.25 bits per heavy atom. The van der Waals surface area contributed by atoms with E-state index >= 15 is 0 Å². The molecule has 174 valence electrons. The lowest BCUT2D eigenvalue weighted by Crippen LogP contribution is -2.42. The van der Waals surface area contributed by atoms with Gasteiger partial charge in [0.05, 0.1) is 18.7 Å². The van der Waals surface area contributed by atoms with Gasteiger partial charge in [0.15, 0.2) is 0 Å². The molecule has 0 radical (unpaired) electrons. The minimum Gasteiger partial charge on any atom is -0.495 e. The molecule has 0 spiro atoms. The number of nitrogens with zero attached hydrogens (tertiary/aromatic N) is 1. The summed E-state index contributed by atoms with van der Waals surface area (Å²) in [5, 5.41) is 3.22. The van der Waals surface area contributed by atoms with Crippen LogP contribution in [0, 0.1) is 6.92 Å². The minimum atomic E-state index is -3.83. The highest BCUT2D eigenvalue weighted by molar-refractivity contribution is 7.89. The maximum Gasteiger partial charge on any atom is 0.348 e. The molecule has 1 amide bonds. The van der Waals surface area contributed by atoms with Crippen LogP contribution in [0.2, 0.25) is 0 Å². The van der Waals surface area contributed by atoms with Gasteiger partial charge in [-0.1, -0.05) is 6.42 Å². The van der Waals surface area contributed by atoms with Crippen LogP contribution < -0.4 is 10.1 Å². The van der Waals surface area contributed by atoms with E-state index in [-0.39, 0.29) is 28.9 Å². The Kier molecular flexibility index (Phi) is 7.58. The molecule has 0 unspecified atom stereocenters. The van der Waals surface area contributed by atoms with E-state index in [4.69, 9.17) is 9.47 Å². The quantitative estimate of drug-likeness (QED) is 0.600. The maximum absolute atomic E-state index is 13.4. The zero-order valence-corrected chi connectivity index (χ0v) is 20.3. The summed E-state index contributed by atoms with van der Waals surface area (Å²) in [5.41, 5.74) is 0.874. The van der Waals surface area contributed by atoms with Crippen molar-refractivity contribution in [2.45, 2.75) is 51.0 Å². The highest BCUT2D eigenvalue weighted by atomic mass is 32.2. The molecule has 3 rings (SSSR count). The third-order valence-electron chi connectivity index (χ3n) is 5.37. The van der Waals surface area contributed by atoms with E-state index in [1.807, 2.05) is 6.92 Å². The number of sulfonamides is 1. The summed E-state index contributed by atoms with van der Waals surface area (Å²) < 4.78 is 38.5. The Morgan fingerprint density at radius 3 is 2.66 bits per heavy atom. The second-order valence-electron chi connectivity index (χ2n) is 7.62. The predicted molar refractivity (Wildman–Crippen MR) is 123 cm³/mol. The van der Waals surface area contributed by atoms with E-state index in [0.29, 0.717) is 22.0 Å². The molecule has 0 bridgehead atoms. The van der Waals surface area contributed by atoms with Gasteiger partial charge < -0.3 is 14.8 Å². The lowest BCUT2D eigenvalue weighted by atomic mass is 10.1. The molecule has 8 nitrogen and oxygen atoms in total. The Morgan fingerprint density at radius 2 is 2.00 bits per heavy atom. The number of hydrogen-bond acceptors (Lipinski definition) is 7. The molecule has 0 saturated carbocycles. The summed E-state index contributed by atoms with van der Waals surface area (Å²) in [5.74, 6) is -0.729. The predicted octanol–water partition coefficient (Wildman–Crippen LogP) is 4.06. The van der Waals surface area contributed by atoms with Crippen molar-refractivity contribution in [2.75, 3.05) is 25.6 Å². The van der Waals surface area contributed by atoms with Crippen LogP contribution in [0.5, 0.6) is 5.75 Å². The van der Waals surface area contributed by atoms with E-state index in [1.165, 1.54) is 29.6 Å². The number of carbonyl (C=O) groups excluding carboxylic acids is 2. The topological polar surface area (TPSA) is 102 Å². The van der Waals surface area contributed by atoms with E-state index < -0.39 is 21.9 Å². The van der Waals surface area contributed by atoms with Crippen LogP contribution in [-0.2, 0) is 14.8 Å². The lowest BCUT2D eigenvalue weighted by Gasteiger charge is -2.32. The summed E-state index contributed by atoms with van der Waals surface area (Å²) in [7, 11) is -2.43. The first-order chi connectivity index (χ1) is 15.2. The monoisotopic (exact) mass is 480 g/mol. The molecule has 2 heterocycles. The summed E-state index contributed by atoms with van der Waals surface area (Å²) in [4.78, 5) is 25.3. The number of methoxy groups -OCH3 is 1. The molecule has 1 aromatic heterocycles. The van der Waals surface area contributed by atoms with Crippen molar-refractivity contribution < 1.29 is 27.5 Å². The summed E-state index contributed by atoms with van der Waals surface area (Å²) in [6, 6.07) is 5.91. The van der Waals surface area contributed by atoms with Gasteiger partial charge in [-0.25, -0.2) is 13.2 Å². The molecule has 1 aliphatic rings. The van der Waals surface area contributed by atoms with Crippen LogP contribution in [0.15, 0.2) is 29.2 Å². The van der Waals surface area contributed by atoms with E-state index in [2.05, 4.69) is 5.32 Å². The highest BCUT2D eigenvalue weighted by Gasteiger charge is 2.33. The molecule has 1 aromatic carbocycles. The number of benzene rings is 1. The SMILES string of the molecule is CCOC(=O)c1sc(NC(=O)c2ccc(OC)c(S(=O)(=O)N3CCCC[C@@H]3C)c2)cc1C. The first kappa shape index (κ1) is 24.2. The number of thiophene rings is 1. The van der Waals surface area contributed by atoms with Gasteiger partial charge in [-0.2, -0.15) is 4.31 Å². The summed E-state index contributed by atoms with van der Waals surface area (Å²) in [6.45, 7) is 6.07. The van der Waals surface area contributed by atoms with Gasteiger partial charge in [-0.05, 0) is 63.4 Å². The first-order valence-corrected chi connectivity index (χ1v) is 12.7. The molecule has 10 heteroatoms. The summed E-state index contributed by atoms with van der Waals surface area (Å²) in [6.07, 6.45) is 2.58. The number of piperidine rings is 1. The second-order valence-corrected chi connectivity index (χ2v) is 10.5. The van der Waals surface area contributed by atoms with Gasteiger partial charge >= 0.3 is 5.97 Å². The number of hydrogen-bond donors (Lipinski definition) is 1. The van der Waals surface area contributed by atoms with Crippen molar-refractivity contribution in [3.63, 3.8) is 0 Å². The van der Waals surface area contributed by atoms with Crippen molar-refractivity contribution in [1.82, 2.24) is 4.31 Å². The third-order valence-corrected chi connectivity index (χ3v) is 8.54. The van der Waals surface area contributed by atoms with Gasteiger partial charge in [0.25, 0.3) is 5.91 Å². The van der Waals surface area contributed by atoms with Gasteiger partial charge in [0.1, 0.15) is 15.5 Å². The van der Waals surface area contributed by atoms with Gasteiger partial charge in [-0.3, -0.25) is 4.79 Å². The fraction of sp³-hybridized carbons (Fsp3) is 0.455. The van der Waals surface area contributed by atoms with Crippen LogP contribution >= 0.6 is 11.3 Å². The number of amides is 1. The first-order valence-electron chi connectivity index (χ1n) is 10.5. The lowest BCUT2D eigenvalue weighted by molar-refractivity contribution is 0.0531. The van der Waals surface area contributed by atoms with Crippen molar-refractivity contribution in [3.05, 3.63) is 40.3 Å². The smallest absolute Gasteiger partial charge is 0.348 e. The zero-order valence-electron chi connectivity index (χ0n) is 18.6. The van der Waals surface area contributed by atoms with Crippen molar-refractivity contribution in [2.24, 2.45) is 0 Å². The standard InChI is InChI=1S/C22H28N2O6S2/c1-5-30-22(26)20-14(2)12-19(31-20)23-21(25)16-9-10-17(29-4)18(13-16)32(27,28)24-11-7-6-8-15(24)3/h9-10,12-13,15H,5-8,11H2,1-4H3,(H,23,25)/t15-/m0/s1. The fourth-order valence-corrected chi connectivity index (χ4v) is 6.55. The van der Waals surface area contributed by atoms with Crippen molar-refractivity contribution in [3.8, 4) is 5.75 Å². The van der Waals surface area contributed by atoms with Gasteiger partial charge in [-0.15, -0.1) is 11.3 Å². The number of nitrogens with one attached hydrogen (secondary N) is 1. The number of aryl methyl sites for hydroxylation is 1. The minimum absolute atomic E-state index is 0.0315. The molecule has 32 heavy (non-hydrogen) atoms. The van der Waals surface area contributed by atoms with Gasteiger partial charge in [0.2, 0.25) is 10.0 Å². The van der Waals surface area contributed by atoms with Crippen LogP contribution in [0.3, 0.4) is 0 Å². The van der Waals surface area contributed by atoms with Crippen molar-refractivity contribution in [1.29, 1.82) is 0 Å². The molecule has 1 N–H and O–H groups in total. The van der Waals surface area contributed by atoms with Crippen LogP contribution in [0.1, 0.15) is 58.7 Å². The van der Waals surface area contributed by atoms with Crippen LogP contribution in [0.25, 0.3) is 0 Å². The average Bonchev–Trinajstić information content (AvgIpc) is 3.13. The second kappa shape index (κ2) is 10.0. The molecular weight excluding hydrogens is 452 g/mol. The molecule has 1 atom stereocenters. The number of esters is 1. The van der Waals surface area contributed by atoms with Crippen LogP contribution in [-0.4, -0.2) is 50.9 Å². The largest absolute Gasteiger partial charge is 0.495 e. The number of carbonyl (C=O) groups is 2. The molecule has 1 aliphatic heterocycles. The van der Waals surface area contributed by atoms with Crippen molar-refractivity contribution >= 4 is 38.2 Å². The molecule has 0 aliphatic carbocycles. The fourth-order valence-electron chi connectivity index (χ4n) is 3.70. The average molecular weight is 481 g/mol. The number of rotatable bonds is 7. The third kappa shape index (κ3) is 4.97. The number of ether oxygens (including phenoxy) is 2. The number of anilines is 1. The maximum atomic E-state index is 13.4. The Balaban J connectivity index is 1.89. The summed E-state index contributed by atoms with van der Waals surface area (Å²) >= 11 is 1.11. The van der Waals surface area contributed by atoms with Gasteiger partial charge in [0, 0.05) is 18.2 Å².